The quantitative estimate of drug-likeness (QED) is 0.147. The number of aryl methyl sites for hydroxylation is 2. The van der Waals surface area contributed by atoms with Crippen molar-refractivity contribution in [3.05, 3.63) is 100 Å². The fourth-order valence-corrected chi connectivity index (χ4v) is 5.31. The summed E-state index contributed by atoms with van der Waals surface area (Å²) in [6, 6.07) is 18.7. The molecule has 2 aliphatic rings. The molecule has 6 bridgehead atoms. The number of fused-ring (bicyclic) bond motifs is 6. The lowest BCUT2D eigenvalue weighted by atomic mass is 10.0. The summed E-state index contributed by atoms with van der Waals surface area (Å²) >= 11 is 6.39. The number of amides is 1. The third-order valence-corrected chi connectivity index (χ3v) is 8.08. The first kappa shape index (κ1) is 42.0. The highest BCUT2D eigenvalue weighted by molar-refractivity contribution is 6.32. The number of nitrogens with one attached hydrogen (secondary N) is 2. The summed E-state index contributed by atoms with van der Waals surface area (Å²) < 4.78 is 102. The van der Waals surface area contributed by atoms with E-state index >= 15 is 0 Å². The molecule has 0 unspecified atom stereocenters. The number of rotatable bonds is 2. The minimum Gasteiger partial charge on any atom is -0.475 e. The Hall–Kier alpha value is -5.79. The number of carboxylic acid groups (broad SMARTS) is 2. The van der Waals surface area contributed by atoms with Crippen molar-refractivity contribution in [2.45, 2.75) is 31.4 Å². The van der Waals surface area contributed by atoms with Crippen LogP contribution in [-0.2, 0) is 28.6 Å². The molecule has 55 heavy (non-hydrogen) atoms. The van der Waals surface area contributed by atoms with Gasteiger partial charge in [0.15, 0.2) is 5.82 Å². The number of halogens is 10. The molecular formula is C34H28ClF9N6O5. The predicted molar refractivity (Wildman–Crippen MR) is 181 cm³/mol. The number of nitrogens with zero attached hydrogens (tertiary/aromatic N) is 4. The van der Waals surface area contributed by atoms with Crippen LogP contribution in [0.5, 0.6) is 0 Å². The van der Waals surface area contributed by atoms with Gasteiger partial charge in [-0.05, 0) is 78.6 Å². The Balaban J connectivity index is 0.000000410. The number of hydrogen-bond donors (Lipinski definition) is 4. The minimum atomic E-state index is -5.08. The molecule has 4 N–H and O–H groups in total. The van der Waals surface area contributed by atoms with Crippen molar-refractivity contribution in [2.24, 2.45) is 0 Å². The van der Waals surface area contributed by atoms with Gasteiger partial charge >= 0.3 is 30.5 Å². The fraction of sp³-hybridized carbons (Fsp3) is 0.265. The SMILES string of the molecule is O=C(O)C(F)(F)F.O=C(O)C(F)(F)F.O=C(c1ccc(C(F)(F)F)cc1)N1CCN(c2ccc3cc2CCc2cccc(c2)Nc2ncc(Cl)c(n2)N3)CC1. The summed E-state index contributed by atoms with van der Waals surface area (Å²) in [7, 11) is 0. The van der Waals surface area contributed by atoms with Gasteiger partial charge < -0.3 is 30.6 Å². The maximum absolute atomic E-state index is 13.0. The van der Waals surface area contributed by atoms with Crippen LogP contribution in [0.2, 0.25) is 5.02 Å². The van der Waals surface area contributed by atoms with Crippen LogP contribution in [0.4, 0.5) is 68.3 Å². The van der Waals surface area contributed by atoms with Crippen LogP contribution >= 0.6 is 11.6 Å². The molecule has 0 radical (unpaired) electrons. The molecular weight excluding hydrogens is 779 g/mol. The second kappa shape index (κ2) is 17.1. The van der Waals surface area contributed by atoms with E-state index in [0.29, 0.717) is 43.0 Å². The highest BCUT2D eigenvalue weighted by Crippen LogP contribution is 2.32. The molecule has 0 atom stereocenters. The van der Waals surface area contributed by atoms with Gasteiger partial charge in [-0.15, -0.1) is 0 Å². The molecule has 1 saturated heterocycles. The topological polar surface area (TPSA) is 148 Å². The van der Waals surface area contributed by atoms with Crippen LogP contribution in [0.25, 0.3) is 0 Å². The molecule has 0 spiro atoms. The lowest BCUT2D eigenvalue weighted by Gasteiger charge is -2.37. The Morgan fingerprint density at radius 2 is 1.31 bits per heavy atom. The molecule has 1 aromatic heterocycles. The van der Waals surface area contributed by atoms with Crippen molar-refractivity contribution in [2.75, 3.05) is 41.7 Å². The van der Waals surface area contributed by atoms with Crippen molar-refractivity contribution in [1.82, 2.24) is 14.9 Å². The molecule has 294 valence electrons. The van der Waals surface area contributed by atoms with Crippen LogP contribution in [0.3, 0.4) is 0 Å². The number of aliphatic carboxylic acids is 2. The van der Waals surface area contributed by atoms with E-state index < -0.39 is 36.0 Å². The van der Waals surface area contributed by atoms with Crippen LogP contribution in [0, 0.1) is 0 Å². The molecule has 1 fully saturated rings. The molecule has 3 aromatic carbocycles. The van der Waals surface area contributed by atoms with Crippen molar-refractivity contribution < 1.29 is 64.1 Å². The van der Waals surface area contributed by atoms with E-state index in [1.165, 1.54) is 17.7 Å². The van der Waals surface area contributed by atoms with Crippen LogP contribution in [0.15, 0.2) is 72.9 Å². The Morgan fingerprint density at radius 1 is 0.727 bits per heavy atom. The van der Waals surface area contributed by atoms with Gasteiger partial charge in [0.1, 0.15) is 5.02 Å². The molecule has 21 heteroatoms. The number of benzene rings is 3. The lowest BCUT2D eigenvalue weighted by Crippen LogP contribution is -2.49. The van der Waals surface area contributed by atoms with Gasteiger partial charge in [0, 0.05) is 48.8 Å². The van der Waals surface area contributed by atoms with Crippen LogP contribution in [0.1, 0.15) is 27.0 Å². The second-order valence-corrected chi connectivity index (χ2v) is 12.1. The van der Waals surface area contributed by atoms with Crippen LogP contribution < -0.4 is 15.5 Å². The van der Waals surface area contributed by atoms with Crippen molar-refractivity contribution >= 4 is 58.3 Å². The molecule has 1 amide bonds. The third kappa shape index (κ3) is 11.8. The minimum absolute atomic E-state index is 0.253. The summed E-state index contributed by atoms with van der Waals surface area (Å²) in [4.78, 5) is 43.6. The number of piperazine rings is 1. The average Bonchev–Trinajstić information content (AvgIpc) is 3.12. The van der Waals surface area contributed by atoms with Gasteiger partial charge in [0.2, 0.25) is 5.95 Å². The number of carbonyl (C=O) groups excluding carboxylic acids is 1. The van der Waals surface area contributed by atoms with Gasteiger partial charge in [0.05, 0.1) is 11.8 Å². The number of carbonyl (C=O) groups is 3. The maximum Gasteiger partial charge on any atom is 0.490 e. The normalized spacial score (nSPS) is 14.1. The summed E-state index contributed by atoms with van der Waals surface area (Å²) in [5.74, 6) is -4.85. The van der Waals surface area contributed by atoms with Crippen molar-refractivity contribution in [3.8, 4) is 0 Å². The number of anilines is 5. The zero-order chi connectivity index (χ0) is 40.7. The van der Waals surface area contributed by atoms with E-state index in [0.717, 1.165) is 47.6 Å². The highest BCUT2D eigenvalue weighted by Gasteiger charge is 2.39. The van der Waals surface area contributed by atoms with E-state index in [4.69, 9.17) is 31.4 Å². The molecule has 6 rings (SSSR count). The lowest BCUT2D eigenvalue weighted by molar-refractivity contribution is -0.193. The Kier molecular flexibility index (Phi) is 13.1. The molecule has 2 aliphatic heterocycles. The summed E-state index contributed by atoms with van der Waals surface area (Å²) in [5.41, 5.74) is 4.60. The molecule has 3 heterocycles. The smallest absolute Gasteiger partial charge is 0.475 e. The van der Waals surface area contributed by atoms with Gasteiger partial charge in [0.25, 0.3) is 5.91 Å². The molecule has 11 nitrogen and oxygen atoms in total. The van der Waals surface area contributed by atoms with Crippen LogP contribution in [-0.4, -0.2) is 81.5 Å². The van der Waals surface area contributed by atoms with E-state index in [1.54, 1.807) is 11.1 Å². The van der Waals surface area contributed by atoms with Crippen molar-refractivity contribution in [3.63, 3.8) is 0 Å². The average molecular weight is 807 g/mol. The Bertz CT molecular complexity index is 1980. The summed E-state index contributed by atoms with van der Waals surface area (Å²) in [6.45, 7) is 2.14. The number of aromatic nitrogens is 2. The standard InChI is InChI=1S/C30H26ClF3N6O.2C2HF3O2/c31-25-18-35-29-37-23-3-1-2-19(16-23)4-5-21-17-24(36-27(25)38-29)10-11-26(21)39-12-14-40(15-13-39)28(41)20-6-8-22(9-7-20)30(32,33)34;2*3-2(4,5)1(6)7/h1-3,6-11,16-18H,4-5,12-15H2,(H2,35,36,37,38);2*(H,6,7). The summed E-state index contributed by atoms with van der Waals surface area (Å²) in [5, 5.41) is 21.2. The monoisotopic (exact) mass is 806 g/mol. The largest absolute Gasteiger partial charge is 0.490 e. The van der Waals surface area contributed by atoms with E-state index in [1.807, 2.05) is 18.2 Å². The Morgan fingerprint density at radius 3 is 1.87 bits per heavy atom. The zero-order valence-corrected chi connectivity index (χ0v) is 28.6. The zero-order valence-electron chi connectivity index (χ0n) is 27.9. The van der Waals surface area contributed by atoms with Gasteiger partial charge in [-0.2, -0.15) is 44.5 Å². The number of alkyl halides is 9. The summed E-state index contributed by atoms with van der Waals surface area (Å²) in [6.07, 6.45) is -11.4. The maximum atomic E-state index is 13.0. The van der Waals surface area contributed by atoms with Gasteiger partial charge in [-0.1, -0.05) is 23.7 Å². The third-order valence-electron chi connectivity index (χ3n) is 7.80. The fourth-order valence-electron chi connectivity index (χ4n) is 5.17. The Labute approximate surface area is 310 Å². The highest BCUT2D eigenvalue weighted by atomic mass is 35.5. The first-order valence-electron chi connectivity index (χ1n) is 15.7. The molecule has 0 saturated carbocycles. The van der Waals surface area contributed by atoms with E-state index in [-0.39, 0.29) is 11.5 Å². The molecule has 0 aliphatic carbocycles. The first-order chi connectivity index (χ1) is 25.6. The van der Waals surface area contributed by atoms with Crippen molar-refractivity contribution in [1.29, 1.82) is 0 Å². The number of hydrogen-bond acceptors (Lipinski definition) is 8. The van der Waals surface area contributed by atoms with Gasteiger partial charge in [-0.3, -0.25) is 4.79 Å². The van der Waals surface area contributed by atoms with E-state index in [9.17, 15) is 44.3 Å². The second-order valence-electron chi connectivity index (χ2n) is 11.6. The van der Waals surface area contributed by atoms with E-state index in [2.05, 4.69) is 49.8 Å². The number of carboxylic acids is 2. The van der Waals surface area contributed by atoms with Gasteiger partial charge in [-0.25, -0.2) is 14.6 Å². The first-order valence-corrected chi connectivity index (χ1v) is 16.1. The molecule has 4 aromatic rings. The predicted octanol–water partition coefficient (Wildman–Crippen LogP) is 7.96.